The van der Waals surface area contributed by atoms with Crippen molar-refractivity contribution in [2.45, 2.75) is 13.0 Å². The van der Waals surface area contributed by atoms with Gasteiger partial charge in [0.1, 0.15) is 5.75 Å². The number of aryl methyl sites for hydroxylation is 2. The van der Waals surface area contributed by atoms with Crippen LogP contribution < -0.4 is 10.5 Å². The molecule has 5 nitrogen and oxygen atoms in total. The van der Waals surface area contributed by atoms with Crippen molar-refractivity contribution in [3.8, 4) is 5.75 Å². The maximum absolute atomic E-state index is 6.28. The number of nitrogens with zero attached hydrogens (tertiary/aromatic N) is 3. The maximum atomic E-state index is 6.28. The Hall–Kier alpha value is -1.40. The van der Waals surface area contributed by atoms with Gasteiger partial charge in [0, 0.05) is 12.6 Å². The molecule has 2 N–H and O–H groups in total. The van der Waals surface area contributed by atoms with Gasteiger partial charge < -0.3 is 10.5 Å². The molecule has 0 spiro atoms. The molecule has 1 unspecified atom stereocenters. The molecule has 96 valence electrons. The number of benzene rings is 1. The highest BCUT2D eigenvalue weighted by Gasteiger charge is 2.21. The Bertz CT molecular complexity index is 548. The second-order valence-corrected chi connectivity index (χ2v) is 4.86. The highest BCUT2D eigenvalue weighted by Crippen LogP contribution is 2.31. The van der Waals surface area contributed by atoms with E-state index in [4.69, 9.17) is 10.5 Å². The van der Waals surface area contributed by atoms with Crippen molar-refractivity contribution < 1.29 is 4.74 Å². The molecule has 2 aromatic rings. The van der Waals surface area contributed by atoms with Crippen LogP contribution in [0.3, 0.4) is 0 Å². The van der Waals surface area contributed by atoms with Gasteiger partial charge in [-0.1, -0.05) is 17.3 Å². The van der Waals surface area contributed by atoms with Crippen LogP contribution in [0.1, 0.15) is 22.9 Å². The Morgan fingerprint density at radius 2 is 2.17 bits per heavy atom. The lowest BCUT2D eigenvalue weighted by atomic mass is 10.0. The molecule has 1 aromatic carbocycles. The summed E-state index contributed by atoms with van der Waals surface area (Å²) >= 11 is 3.36. The van der Waals surface area contributed by atoms with E-state index in [1.54, 1.807) is 11.8 Å². The van der Waals surface area contributed by atoms with Crippen LogP contribution in [0.4, 0.5) is 0 Å². The van der Waals surface area contributed by atoms with Crippen molar-refractivity contribution in [1.29, 1.82) is 0 Å². The van der Waals surface area contributed by atoms with Gasteiger partial charge in [0.15, 0.2) is 4.60 Å². The number of methoxy groups -OCH3 is 1. The third-order valence-electron chi connectivity index (χ3n) is 2.85. The Morgan fingerprint density at radius 3 is 2.72 bits per heavy atom. The monoisotopic (exact) mass is 310 g/mol. The van der Waals surface area contributed by atoms with Crippen LogP contribution in [0.25, 0.3) is 0 Å². The smallest absolute Gasteiger partial charge is 0.153 e. The number of halogens is 1. The highest BCUT2D eigenvalue weighted by molar-refractivity contribution is 9.10. The third kappa shape index (κ3) is 2.26. The van der Waals surface area contributed by atoms with Gasteiger partial charge in [-0.2, -0.15) is 0 Å². The molecule has 0 radical (unpaired) electrons. The van der Waals surface area contributed by atoms with Crippen molar-refractivity contribution in [3.63, 3.8) is 0 Å². The van der Waals surface area contributed by atoms with Crippen molar-refractivity contribution in [2.75, 3.05) is 7.11 Å². The zero-order chi connectivity index (χ0) is 13.3. The number of nitrogens with two attached hydrogens (primary N) is 1. The molecule has 0 fully saturated rings. The minimum atomic E-state index is -0.338. The fourth-order valence-electron chi connectivity index (χ4n) is 1.89. The molecule has 0 saturated carbocycles. The molecule has 0 aliphatic carbocycles. The predicted octanol–water partition coefficient (Wildman–Crippen LogP) is 1.94. The van der Waals surface area contributed by atoms with Gasteiger partial charge in [0.2, 0.25) is 0 Å². The predicted molar refractivity (Wildman–Crippen MR) is 72.5 cm³/mol. The van der Waals surface area contributed by atoms with E-state index in [2.05, 4.69) is 26.2 Å². The van der Waals surface area contributed by atoms with Crippen LogP contribution >= 0.6 is 15.9 Å². The summed E-state index contributed by atoms with van der Waals surface area (Å²) in [6.07, 6.45) is 0. The summed E-state index contributed by atoms with van der Waals surface area (Å²) in [5, 5.41) is 7.88. The molecule has 1 heterocycles. The first-order valence-electron chi connectivity index (χ1n) is 5.49. The molecule has 0 amide bonds. The van der Waals surface area contributed by atoms with Crippen molar-refractivity contribution in [2.24, 2.45) is 12.8 Å². The van der Waals surface area contributed by atoms with Gasteiger partial charge in [0.05, 0.1) is 18.8 Å². The first kappa shape index (κ1) is 13.0. The number of hydrogen-bond donors (Lipinski definition) is 1. The van der Waals surface area contributed by atoms with Crippen molar-refractivity contribution in [1.82, 2.24) is 15.0 Å². The average molecular weight is 311 g/mol. The van der Waals surface area contributed by atoms with Crippen LogP contribution in [0, 0.1) is 6.92 Å². The van der Waals surface area contributed by atoms with Crippen molar-refractivity contribution >= 4 is 15.9 Å². The Kier molecular flexibility index (Phi) is 3.68. The molecule has 0 aliphatic heterocycles. The summed E-state index contributed by atoms with van der Waals surface area (Å²) < 4.78 is 7.69. The lowest BCUT2D eigenvalue weighted by molar-refractivity contribution is 0.406. The summed E-state index contributed by atoms with van der Waals surface area (Å²) in [6.45, 7) is 2.01. The SMILES string of the molecule is COc1cc(C)ccc1C(N)c1c(Br)nnn1C. The number of ether oxygens (including phenoxy) is 1. The first-order valence-corrected chi connectivity index (χ1v) is 6.29. The maximum Gasteiger partial charge on any atom is 0.153 e. The van der Waals surface area contributed by atoms with Gasteiger partial charge in [-0.15, -0.1) is 5.10 Å². The normalized spacial score (nSPS) is 12.5. The molecule has 0 saturated heterocycles. The van der Waals surface area contributed by atoms with E-state index in [1.165, 1.54) is 0 Å². The van der Waals surface area contributed by atoms with Crippen molar-refractivity contribution in [3.05, 3.63) is 39.6 Å². The largest absolute Gasteiger partial charge is 0.496 e. The molecular formula is C12H15BrN4O. The molecule has 0 aliphatic rings. The first-order chi connectivity index (χ1) is 8.54. The fourth-order valence-corrected chi connectivity index (χ4v) is 2.47. The molecule has 0 bridgehead atoms. The zero-order valence-electron chi connectivity index (χ0n) is 10.5. The van der Waals surface area contributed by atoms with Gasteiger partial charge >= 0.3 is 0 Å². The average Bonchev–Trinajstić information content (AvgIpc) is 2.68. The van der Waals surface area contributed by atoms with E-state index in [9.17, 15) is 0 Å². The van der Waals surface area contributed by atoms with Gasteiger partial charge in [-0.3, -0.25) is 0 Å². The number of aromatic nitrogens is 3. The second kappa shape index (κ2) is 5.07. The van der Waals surface area contributed by atoms with Crippen LogP contribution in [-0.2, 0) is 7.05 Å². The van der Waals surface area contributed by atoms with Gasteiger partial charge in [-0.25, -0.2) is 4.68 Å². The fraction of sp³-hybridized carbons (Fsp3) is 0.333. The molecule has 6 heteroatoms. The molecule has 18 heavy (non-hydrogen) atoms. The Balaban J connectivity index is 2.49. The quantitative estimate of drug-likeness (QED) is 0.941. The molecule has 1 aromatic heterocycles. The number of hydrogen-bond acceptors (Lipinski definition) is 4. The van der Waals surface area contributed by atoms with E-state index in [1.807, 2.05) is 32.2 Å². The van der Waals surface area contributed by atoms with E-state index < -0.39 is 0 Å². The summed E-state index contributed by atoms with van der Waals surface area (Å²) in [6, 6.07) is 5.61. The Labute approximate surface area is 114 Å². The minimum Gasteiger partial charge on any atom is -0.496 e. The zero-order valence-corrected chi connectivity index (χ0v) is 12.1. The van der Waals surface area contributed by atoms with Crippen LogP contribution in [0.2, 0.25) is 0 Å². The number of rotatable bonds is 3. The summed E-state index contributed by atoms with van der Waals surface area (Å²) in [5.74, 6) is 0.774. The lowest BCUT2D eigenvalue weighted by Crippen LogP contribution is -2.17. The lowest BCUT2D eigenvalue weighted by Gasteiger charge is -2.16. The molecule has 1 atom stereocenters. The van der Waals surface area contributed by atoms with E-state index >= 15 is 0 Å². The summed E-state index contributed by atoms with van der Waals surface area (Å²) in [4.78, 5) is 0. The van der Waals surface area contributed by atoms with E-state index in [0.29, 0.717) is 4.60 Å². The standard InChI is InChI=1S/C12H15BrN4O/c1-7-4-5-8(9(6-7)18-3)10(14)11-12(13)15-16-17(11)2/h4-6,10H,14H2,1-3H3. The minimum absolute atomic E-state index is 0.338. The Morgan fingerprint density at radius 1 is 1.44 bits per heavy atom. The van der Waals surface area contributed by atoms with Gasteiger partial charge in [-0.05, 0) is 34.5 Å². The van der Waals surface area contributed by atoms with Crippen LogP contribution in [-0.4, -0.2) is 22.1 Å². The van der Waals surface area contributed by atoms with Crippen LogP contribution in [0.15, 0.2) is 22.8 Å². The second-order valence-electron chi connectivity index (χ2n) is 4.11. The summed E-state index contributed by atoms with van der Waals surface area (Å²) in [5.41, 5.74) is 9.14. The van der Waals surface area contributed by atoms with Crippen LogP contribution in [0.5, 0.6) is 5.75 Å². The summed E-state index contributed by atoms with van der Waals surface area (Å²) in [7, 11) is 3.45. The van der Waals surface area contributed by atoms with E-state index in [-0.39, 0.29) is 6.04 Å². The molecule has 2 rings (SSSR count). The topological polar surface area (TPSA) is 66.0 Å². The van der Waals surface area contributed by atoms with Gasteiger partial charge in [0.25, 0.3) is 0 Å². The van der Waals surface area contributed by atoms with E-state index in [0.717, 1.165) is 22.6 Å². The highest BCUT2D eigenvalue weighted by atomic mass is 79.9. The molecular weight excluding hydrogens is 296 g/mol. The third-order valence-corrected chi connectivity index (χ3v) is 3.41.